The van der Waals surface area contributed by atoms with Crippen LogP contribution in [-0.4, -0.2) is 16.2 Å². The minimum atomic E-state index is 0.123. The molecular formula is C9H9Cl2N3. The number of hydrogen-bond acceptors (Lipinski definition) is 3. The van der Waals surface area contributed by atoms with Crippen molar-refractivity contribution in [1.82, 2.24) is 10.2 Å². The molecule has 1 heterocycles. The van der Waals surface area contributed by atoms with Gasteiger partial charge in [-0.2, -0.15) is 0 Å². The van der Waals surface area contributed by atoms with E-state index in [1.165, 1.54) is 0 Å². The molecule has 3 nitrogen and oxygen atoms in total. The molecule has 0 aliphatic carbocycles. The summed E-state index contributed by atoms with van der Waals surface area (Å²) in [6, 6.07) is 1.74. The second kappa shape index (κ2) is 5.04. The Hall–Kier alpha value is -0.980. The first-order valence-electron chi connectivity index (χ1n) is 4.02. The van der Waals surface area contributed by atoms with E-state index in [9.17, 15) is 0 Å². The van der Waals surface area contributed by atoms with Crippen LogP contribution in [0.4, 0.5) is 5.69 Å². The Balaban J connectivity index is 2.76. The van der Waals surface area contributed by atoms with Crippen LogP contribution in [0.5, 0.6) is 0 Å². The lowest BCUT2D eigenvalue weighted by Crippen LogP contribution is -2.14. The Morgan fingerprint density at radius 1 is 1.57 bits per heavy atom. The molecule has 1 unspecified atom stereocenters. The summed E-state index contributed by atoms with van der Waals surface area (Å²) in [5.74, 6) is 2.55. The van der Waals surface area contributed by atoms with E-state index in [0.717, 1.165) is 0 Å². The summed E-state index contributed by atoms with van der Waals surface area (Å²) in [4.78, 5) is 0. The molecule has 0 saturated heterocycles. The SMILES string of the molecule is C#CCC(C)Nc1cc(Cl)nnc1Cl. The van der Waals surface area contributed by atoms with Gasteiger partial charge in [0, 0.05) is 18.5 Å². The van der Waals surface area contributed by atoms with E-state index in [4.69, 9.17) is 29.6 Å². The van der Waals surface area contributed by atoms with Crippen molar-refractivity contribution in [1.29, 1.82) is 0 Å². The van der Waals surface area contributed by atoms with Crippen molar-refractivity contribution in [2.45, 2.75) is 19.4 Å². The van der Waals surface area contributed by atoms with Crippen molar-refractivity contribution in [3.63, 3.8) is 0 Å². The standard InChI is InChI=1S/C9H9Cl2N3/c1-3-4-6(2)12-7-5-8(10)13-14-9(7)11/h1,5-6H,4H2,2H3,(H,12,13). The van der Waals surface area contributed by atoms with Crippen molar-refractivity contribution in [3.05, 3.63) is 16.4 Å². The van der Waals surface area contributed by atoms with Gasteiger partial charge in [0.05, 0.1) is 5.69 Å². The number of terminal acetylenes is 1. The van der Waals surface area contributed by atoms with E-state index in [1.807, 2.05) is 6.92 Å². The molecule has 0 aliphatic rings. The summed E-state index contributed by atoms with van der Waals surface area (Å²) in [5, 5.41) is 10.9. The molecule has 0 bridgehead atoms. The first-order valence-corrected chi connectivity index (χ1v) is 4.77. The number of anilines is 1. The molecule has 0 radical (unpaired) electrons. The van der Waals surface area contributed by atoms with Crippen molar-refractivity contribution in [3.8, 4) is 12.3 Å². The number of halogens is 2. The molecule has 1 rings (SSSR count). The predicted molar refractivity (Wildman–Crippen MR) is 58.6 cm³/mol. The van der Waals surface area contributed by atoms with Crippen molar-refractivity contribution in [2.24, 2.45) is 0 Å². The quantitative estimate of drug-likeness (QED) is 0.811. The number of nitrogens with zero attached hydrogens (tertiary/aromatic N) is 2. The van der Waals surface area contributed by atoms with E-state index in [1.54, 1.807) is 6.07 Å². The van der Waals surface area contributed by atoms with Crippen LogP contribution in [0.3, 0.4) is 0 Å². The monoisotopic (exact) mass is 229 g/mol. The topological polar surface area (TPSA) is 37.8 Å². The second-order valence-corrected chi connectivity index (χ2v) is 3.57. The van der Waals surface area contributed by atoms with Crippen LogP contribution in [0, 0.1) is 12.3 Å². The van der Waals surface area contributed by atoms with Crippen LogP contribution in [-0.2, 0) is 0 Å². The highest BCUT2D eigenvalue weighted by Gasteiger charge is 2.06. The van der Waals surface area contributed by atoms with Gasteiger partial charge in [-0.25, -0.2) is 0 Å². The van der Waals surface area contributed by atoms with Gasteiger partial charge in [-0.3, -0.25) is 0 Å². The Morgan fingerprint density at radius 3 is 2.93 bits per heavy atom. The highest BCUT2D eigenvalue weighted by atomic mass is 35.5. The van der Waals surface area contributed by atoms with E-state index >= 15 is 0 Å². The van der Waals surface area contributed by atoms with Crippen molar-refractivity contribution >= 4 is 28.9 Å². The Morgan fingerprint density at radius 2 is 2.29 bits per heavy atom. The molecule has 1 aromatic rings. The van der Waals surface area contributed by atoms with Gasteiger partial charge in [0.2, 0.25) is 0 Å². The highest BCUT2D eigenvalue weighted by molar-refractivity contribution is 6.33. The van der Waals surface area contributed by atoms with Gasteiger partial charge in [0.15, 0.2) is 10.3 Å². The average molecular weight is 230 g/mol. The van der Waals surface area contributed by atoms with Crippen LogP contribution in [0.15, 0.2) is 6.07 Å². The normalized spacial score (nSPS) is 11.9. The first-order chi connectivity index (χ1) is 6.63. The van der Waals surface area contributed by atoms with Gasteiger partial charge in [0.1, 0.15) is 0 Å². The summed E-state index contributed by atoms with van der Waals surface area (Å²) in [6.45, 7) is 1.95. The fourth-order valence-corrected chi connectivity index (χ4v) is 1.24. The zero-order valence-electron chi connectivity index (χ0n) is 7.59. The van der Waals surface area contributed by atoms with Gasteiger partial charge < -0.3 is 5.32 Å². The molecule has 1 aromatic heterocycles. The predicted octanol–water partition coefficient (Wildman–Crippen LogP) is 2.61. The fourth-order valence-electron chi connectivity index (χ4n) is 0.948. The van der Waals surface area contributed by atoms with Gasteiger partial charge in [-0.1, -0.05) is 23.2 Å². The van der Waals surface area contributed by atoms with Crippen LogP contribution in [0.2, 0.25) is 10.3 Å². The Labute approximate surface area is 92.8 Å². The van der Waals surface area contributed by atoms with Crippen LogP contribution >= 0.6 is 23.2 Å². The summed E-state index contributed by atoms with van der Waals surface area (Å²) >= 11 is 11.5. The average Bonchev–Trinajstić information content (AvgIpc) is 2.12. The second-order valence-electron chi connectivity index (χ2n) is 2.83. The molecule has 0 aromatic carbocycles. The molecule has 0 fully saturated rings. The van der Waals surface area contributed by atoms with Gasteiger partial charge in [-0.05, 0) is 6.92 Å². The Bertz CT molecular complexity index is 360. The minimum Gasteiger partial charge on any atom is -0.379 e. The summed E-state index contributed by atoms with van der Waals surface area (Å²) in [5.41, 5.74) is 0.648. The molecule has 0 amide bonds. The fraction of sp³-hybridized carbons (Fsp3) is 0.333. The maximum atomic E-state index is 5.79. The van der Waals surface area contributed by atoms with E-state index in [-0.39, 0.29) is 6.04 Å². The van der Waals surface area contributed by atoms with Gasteiger partial charge in [0.25, 0.3) is 0 Å². The number of rotatable bonds is 3. The third-order valence-corrected chi connectivity index (χ3v) is 2.01. The molecule has 0 spiro atoms. The van der Waals surface area contributed by atoms with E-state index in [0.29, 0.717) is 22.4 Å². The van der Waals surface area contributed by atoms with E-state index < -0.39 is 0 Å². The van der Waals surface area contributed by atoms with E-state index in [2.05, 4.69) is 21.4 Å². The van der Waals surface area contributed by atoms with Crippen LogP contribution in [0.1, 0.15) is 13.3 Å². The molecule has 0 saturated carbocycles. The van der Waals surface area contributed by atoms with Crippen LogP contribution in [0.25, 0.3) is 0 Å². The Kier molecular flexibility index (Phi) is 3.99. The third-order valence-electron chi connectivity index (χ3n) is 1.54. The van der Waals surface area contributed by atoms with Gasteiger partial charge in [-0.15, -0.1) is 22.5 Å². The van der Waals surface area contributed by atoms with Crippen LogP contribution < -0.4 is 5.32 Å². The lowest BCUT2D eigenvalue weighted by Gasteiger charge is -2.12. The molecule has 1 N–H and O–H groups in total. The lowest BCUT2D eigenvalue weighted by molar-refractivity contribution is 0.825. The zero-order chi connectivity index (χ0) is 10.6. The van der Waals surface area contributed by atoms with Gasteiger partial charge >= 0.3 is 0 Å². The molecular weight excluding hydrogens is 221 g/mol. The third kappa shape index (κ3) is 3.06. The summed E-state index contributed by atoms with van der Waals surface area (Å²) in [6.07, 6.45) is 5.78. The smallest absolute Gasteiger partial charge is 0.174 e. The number of hydrogen-bond donors (Lipinski definition) is 1. The maximum absolute atomic E-state index is 5.79. The first kappa shape index (κ1) is 11.1. The molecule has 0 aliphatic heterocycles. The highest BCUT2D eigenvalue weighted by Crippen LogP contribution is 2.21. The molecule has 74 valence electrons. The summed E-state index contributed by atoms with van der Waals surface area (Å²) < 4.78 is 0. The molecule has 5 heteroatoms. The summed E-state index contributed by atoms with van der Waals surface area (Å²) in [7, 11) is 0. The molecule has 1 atom stereocenters. The molecule has 14 heavy (non-hydrogen) atoms. The number of nitrogens with one attached hydrogen (secondary N) is 1. The number of aromatic nitrogens is 2. The lowest BCUT2D eigenvalue weighted by atomic mass is 10.2. The maximum Gasteiger partial charge on any atom is 0.174 e. The minimum absolute atomic E-state index is 0.123. The zero-order valence-corrected chi connectivity index (χ0v) is 9.10. The van der Waals surface area contributed by atoms with Crippen molar-refractivity contribution < 1.29 is 0 Å². The largest absolute Gasteiger partial charge is 0.379 e. The van der Waals surface area contributed by atoms with Crippen molar-refractivity contribution in [2.75, 3.05) is 5.32 Å².